The van der Waals surface area contributed by atoms with E-state index in [-0.39, 0.29) is 5.91 Å². The Morgan fingerprint density at radius 3 is 2.64 bits per heavy atom. The number of likely N-dealkylation sites (N-methyl/N-ethyl adjacent to an activating group) is 1. The van der Waals surface area contributed by atoms with Gasteiger partial charge in [0.25, 0.3) is 5.91 Å². The molecule has 1 fully saturated rings. The minimum atomic E-state index is 0.0641. The fraction of sp³-hybridized carbons (Fsp3) is 0.400. The predicted molar refractivity (Wildman–Crippen MR) is 100 cm³/mol. The molecule has 0 aliphatic carbocycles. The first-order chi connectivity index (χ1) is 12.2. The van der Waals surface area contributed by atoms with E-state index in [2.05, 4.69) is 34.0 Å². The monoisotopic (exact) mass is 336 g/mol. The highest BCUT2D eigenvalue weighted by Gasteiger charge is 2.27. The second-order valence-corrected chi connectivity index (χ2v) is 6.85. The number of hydrogen-bond donors (Lipinski definition) is 0. The van der Waals surface area contributed by atoms with Crippen LogP contribution in [0.2, 0.25) is 0 Å². The van der Waals surface area contributed by atoms with Crippen LogP contribution < -0.4 is 9.80 Å². The molecule has 1 saturated heterocycles. The van der Waals surface area contributed by atoms with E-state index in [0.717, 1.165) is 57.1 Å². The van der Waals surface area contributed by atoms with Crippen molar-refractivity contribution in [2.75, 3.05) is 49.6 Å². The lowest BCUT2D eigenvalue weighted by molar-refractivity contribution is 0.0985. The predicted octanol–water partition coefficient (Wildman–Crippen LogP) is 2.43. The second kappa shape index (κ2) is 6.84. The van der Waals surface area contributed by atoms with Gasteiger partial charge in [-0.1, -0.05) is 18.2 Å². The zero-order valence-electron chi connectivity index (χ0n) is 14.7. The molecule has 1 aromatic heterocycles. The first-order valence-electron chi connectivity index (χ1n) is 9.02. The molecule has 2 aliphatic heterocycles. The third-order valence-corrected chi connectivity index (χ3v) is 5.18. The fourth-order valence-corrected chi connectivity index (χ4v) is 3.72. The van der Waals surface area contributed by atoms with Gasteiger partial charge in [-0.2, -0.15) is 0 Å². The Morgan fingerprint density at radius 2 is 1.80 bits per heavy atom. The molecule has 0 spiro atoms. The van der Waals surface area contributed by atoms with E-state index < -0.39 is 0 Å². The van der Waals surface area contributed by atoms with Crippen LogP contribution in [0.5, 0.6) is 0 Å². The smallest absolute Gasteiger partial charge is 0.262 e. The Labute approximate surface area is 148 Å². The van der Waals surface area contributed by atoms with Gasteiger partial charge in [0, 0.05) is 44.6 Å². The number of pyridine rings is 1. The first kappa shape index (κ1) is 16.1. The van der Waals surface area contributed by atoms with Crippen LogP contribution in [-0.2, 0) is 6.42 Å². The number of rotatable bonds is 2. The van der Waals surface area contributed by atoms with E-state index in [0.29, 0.717) is 5.56 Å². The molecular weight excluding hydrogens is 312 g/mol. The first-order valence-corrected chi connectivity index (χ1v) is 9.02. The molecule has 5 nitrogen and oxygen atoms in total. The molecule has 0 saturated carbocycles. The lowest BCUT2D eigenvalue weighted by atomic mass is 10.0. The van der Waals surface area contributed by atoms with Crippen molar-refractivity contribution in [2.24, 2.45) is 0 Å². The quantitative estimate of drug-likeness (QED) is 0.844. The van der Waals surface area contributed by atoms with Gasteiger partial charge in [-0.05, 0) is 43.7 Å². The molecule has 4 rings (SSSR count). The largest absolute Gasteiger partial charge is 0.353 e. The van der Waals surface area contributed by atoms with E-state index in [1.807, 2.05) is 29.2 Å². The van der Waals surface area contributed by atoms with Crippen molar-refractivity contribution in [3.63, 3.8) is 0 Å². The average molecular weight is 336 g/mol. The average Bonchev–Trinajstić information content (AvgIpc) is 2.68. The van der Waals surface area contributed by atoms with Crippen molar-refractivity contribution in [3.05, 3.63) is 53.7 Å². The van der Waals surface area contributed by atoms with Gasteiger partial charge in [0.1, 0.15) is 5.82 Å². The summed E-state index contributed by atoms with van der Waals surface area (Å²) < 4.78 is 0. The minimum absolute atomic E-state index is 0.0641. The number of hydrogen-bond acceptors (Lipinski definition) is 4. The summed E-state index contributed by atoms with van der Waals surface area (Å²) in [5.41, 5.74) is 3.02. The molecule has 130 valence electrons. The molecule has 25 heavy (non-hydrogen) atoms. The van der Waals surface area contributed by atoms with Crippen LogP contribution in [0.1, 0.15) is 22.3 Å². The normalized spacial score (nSPS) is 18.1. The summed E-state index contributed by atoms with van der Waals surface area (Å²) in [6.45, 7) is 4.58. The number of nitrogens with zero attached hydrogens (tertiary/aromatic N) is 4. The number of piperazine rings is 1. The van der Waals surface area contributed by atoms with Gasteiger partial charge in [0.2, 0.25) is 0 Å². The van der Waals surface area contributed by atoms with Crippen LogP contribution in [0.4, 0.5) is 11.5 Å². The van der Waals surface area contributed by atoms with Crippen LogP contribution >= 0.6 is 0 Å². The van der Waals surface area contributed by atoms with Gasteiger partial charge in [-0.15, -0.1) is 0 Å². The molecule has 0 atom stereocenters. The van der Waals surface area contributed by atoms with Crippen molar-refractivity contribution in [3.8, 4) is 0 Å². The fourth-order valence-electron chi connectivity index (χ4n) is 3.72. The second-order valence-electron chi connectivity index (χ2n) is 6.85. The SMILES string of the molecule is CN1CCN(c2ncccc2C(=O)N2CCCc3ccccc32)CC1. The highest BCUT2D eigenvalue weighted by atomic mass is 16.2. The molecule has 0 unspecified atom stereocenters. The number of fused-ring (bicyclic) bond motifs is 1. The third kappa shape index (κ3) is 3.12. The van der Waals surface area contributed by atoms with Crippen molar-refractivity contribution in [2.45, 2.75) is 12.8 Å². The summed E-state index contributed by atoms with van der Waals surface area (Å²) in [6, 6.07) is 12.0. The summed E-state index contributed by atoms with van der Waals surface area (Å²) in [6.07, 6.45) is 3.83. The van der Waals surface area contributed by atoms with Crippen LogP contribution in [0.15, 0.2) is 42.6 Å². The van der Waals surface area contributed by atoms with Crippen LogP contribution in [0, 0.1) is 0 Å². The lowest BCUT2D eigenvalue weighted by Crippen LogP contribution is -2.46. The molecule has 0 radical (unpaired) electrons. The topological polar surface area (TPSA) is 39.7 Å². The van der Waals surface area contributed by atoms with Gasteiger partial charge in [-0.3, -0.25) is 4.79 Å². The maximum absolute atomic E-state index is 13.3. The summed E-state index contributed by atoms with van der Waals surface area (Å²) in [4.78, 5) is 24.4. The minimum Gasteiger partial charge on any atom is -0.353 e. The summed E-state index contributed by atoms with van der Waals surface area (Å²) in [5, 5.41) is 0. The summed E-state index contributed by atoms with van der Waals surface area (Å²) in [7, 11) is 2.13. The number of benzene rings is 1. The third-order valence-electron chi connectivity index (χ3n) is 5.18. The number of carbonyl (C=O) groups is 1. The van der Waals surface area contributed by atoms with E-state index in [9.17, 15) is 4.79 Å². The number of aromatic nitrogens is 1. The Morgan fingerprint density at radius 1 is 1.00 bits per heavy atom. The Balaban J connectivity index is 1.66. The van der Waals surface area contributed by atoms with Gasteiger partial charge < -0.3 is 14.7 Å². The van der Waals surface area contributed by atoms with Crippen LogP contribution in [0.3, 0.4) is 0 Å². The highest BCUT2D eigenvalue weighted by molar-refractivity contribution is 6.09. The van der Waals surface area contributed by atoms with Gasteiger partial charge in [0.05, 0.1) is 5.56 Å². The molecule has 0 bridgehead atoms. The van der Waals surface area contributed by atoms with Crippen molar-refractivity contribution >= 4 is 17.4 Å². The summed E-state index contributed by atoms with van der Waals surface area (Å²) >= 11 is 0. The maximum Gasteiger partial charge on any atom is 0.262 e. The van der Waals surface area contributed by atoms with Crippen molar-refractivity contribution in [1.29, 1.82) is 0 Å². The lowest BCUT2D eigenvalue weighted by Gasteiger charge is -2.35. The maximum atomic E-state index is 13.3. The van der Waals surface area contributed by atoms with Gasteiger partial charge in [-0.25, -0.2) is 4.98 Å². The molecule has 0 N–H and O–H groups in total. The number of aryl methyl sites for hydroxylation is 1. The Hall–Kier alpha value is -2.40. The number of para-hydroxylation sites is 1. The van der Waals surface area contributed by atoms with E-state index in [1.54, 1.807) is 6.20 Å². The van der Waals surface area contributed by atoms with Crippen molar-refractivity contribution < 1.29 is 4.79 Å². The molecule has 1 amide bonds. The zero-order valence-corrected chi connectivity index (χ0v) is 14.7. The highest BCUT2D eigenvalue weighted by Crippen LogP contribution is 2.30. The molecule has 3 heterocycles. The van der Waals surface area contributed by atoms with E-state index >= 15 is 0 Å². The van der Waals surface area contributed by atoms with Crippen molar-refractivity contribution in [1.82, 2.24) is 9.88 Å². The number of amides is 1. The molecule has 1 aromatic carbocycles. The zero-order chi connectivity index (χ0) is 17.2. The molecule has 2 aromatic rings. The van der Waals surface area contributed by atoms with E-state index in [1.165, 1.54) is 5.56 Å². The van der Waals surface area contributed by atoms with E-state index in [4.69, 9.17) is 0 Å². The number of carbonyl (C=O) groups excluding carboxylic acids is 1. The van der Waals surface area contributed by atoms with Gasteiger partial charge >= 0.3 is 0 Å². The molecule has 5 heteroatoms. The van der Waals surface area contributed by atoms with Crippen LogP contribution in [-0.4, -0.2) is 55.6 Å². The number of anilines is 2. The molecule has 2 aliphatic rings. The standard InChI is InChI=1S/C20H24N4O/c1-22-12-14-23(15-13-22)19-17(8-4-10-21-19)20(25)24-11-5-7-16-6-2-3-9-18(16)24/h2-4,6,8-10H,5,7,11-15H2,1H3. The Bertz CT molecular complexity index is 768. The van der Waals surface area contributed by atoms with Gasteiger partial charge in [0.15, 0.2) is 0 Å². The Kier molecular flexibility index (Phi) is 4.40. The molecular formula is C20H24N4O. The van der Waals surface area contributed by atoms with Crippen LogP contribution in [0.25, 0.3) is 0 Å². The summed E-state index contributed by atoms with van der Waals surface area (Å²) in [5.74, 6) is 0.887.